The molecule has 0 radical (unpaired) electrons. The molecule has 35 heavy (non-hydrogen) atoms. The molecule has 0 unspecified atom stereocenters. The summed E-state index contributed by atoms with van der Waals surface area (Å²) in [6, 6.07) is 25.8. The van der Waals surface area contributed by atoms with Gasteiger partial charge in [0.05, 0.1) is 12.7 Å². The molecule has 0 spiro atoms. The highest BCUT2D eigenvalue weighted by molar-refractivity contribution is 7.80. The van der Waals surface area contributed by atoms with Gasteiger partial charge < -0.3 is 9.84 Å². The molecule has 3 nitrogen and oxygen atoms in total. The molecule has 0 bridgehead atoms. The van der Waals surface area contributed by atoms with Crippen molar-refractivity contribution in [1.82, 2.24) is 0 Å². The topological polar surface area (TPSA) is 46.5 Å². The fourth-order valence-corrected chi connectivity index (χ4v) is 5.75. The van der Waals surface area contributed by atoms with Gasteiger partial charge in [-0.05, 0) is 48.8 Å². The number of benzene rings is 3. The molecule has 1 aliphatic rings. The highest BCUT2D eigenvalue weighted by Gasteiger charge is 2.47. The average molecular weight is 491 g/mol. The van der Waals surface area contributed by atoms with Crippen LogP contribution < -0.4 is 0 Å². The molecule has 182 valence electrons. The summed E-state index contributed by atoms with van der Waals surface area (Å²) in [5.74, 6) is -0.542. The first-order valence-corrected chi connectivity index (χ1v) is 12.5. The van der Waals surface area contributed by atoms with Crippen molar-refractivity contribution in [3.8, 4) is 0 Å². The molecule has 1 fully saturated rings. The average Bonchev–Trinajstić information content (AvgIpc) is 2.88. The van der Waals surface area contributed by atoms with Crippen molar-refractivity contribution in [1.29, 1.82) is 0 Å². The Balaban J connectivity index is 1.60. The Morgan fingerprint density at radius 3 is 2.31 bits per heavy atom. The fraction of sp³-hybridized carbons (Fsp3) is 0.333. The summed E-state index contributed by atoms with van der Waals surface area (Å²) in [7, 11) is 0. The Hall–Kier alpha value is -2.73. The number of carbonyl (C=O) groups is 1. The zero-order valence-electron chi connectivity index (χ0n) is 19.7. The minimum atomic E-state index is -0.742. The van der Waals surface area contributed by atoms with Gasteiger partial charge in [-0.15, -0.1) is 0 Å². The van der Waals surface area contributed by atoms with Crippen LogP contribution in [0.4, 0.5) is 4.39 Å². The quantitative estimate of drug-likeness (QED) is 0.261. The zero-order chi connectivity index (χ0) is 24.7. The van der Waals surface area contributed by atoms with Gasteiger partial charge in [-0.3, -0.25) is 4.79 Å². The van der Waals surface area contributed by atoms with Crippen LogP contribution in [-0.2, 0) is 16.8 Å². The molecule has 1 saturated carbocycles. The van der Waals surface area contributed by atoms with Crippen molar-refractivity contribution in [3.05, 3.63) is 107 Å². The van der Waals surface area contributed by atoms with E-state index in [0.717, 1.165) is 12.0 Å². The molecular weight excluding hydrogens is 459 g/mol. The SMILES string of the molecule is O=C(CC(=S)C[C@@]1(c2ccccc2F)C[C@H](OCc2ccccc2)CC[C@H]1CO)c1ccccc1. The fourth-order valence-electron chi connectivity index (χ4n) is 5.36. The molecule has 3 atom stereocenters. The number of aliphatic hydroxyl groups is 1. The van der Waals surface area contributed by atoms with Crippen LogP contribution in [0.5, 0.6) is 0 Å². The predicted octanol–water partition coefficient (Wildman–Crippen LogP) is 6.47. The zero-order valence-corrected chi connectivity index (χ0v) is 20.6. The Kier molecular flexibility index (Phi) is 8.55. The molecule has 5 heteroatoms. The summed E-state index contributed by atoms with van der Waals surface area (Å²) in [5, 5.41) is 10.4. The number of thiocarbonyl (C=S) groups is 1. The predicted molar refractivity (Wildman–Crippen MR) is 140 cm³/mol. The van der Waals surface area contributed by atoms with Crippen molar-refractivity contribution in [2.24, 2.45) is 5.92 Å². The van der Waals surface area contributed by atoms with Crippen LogP contribution in [0.15, 0.2) is 84.9 Å². The summed E-state index contributed by atoms with van der Waals surface area (Å²) in [4.78, 5) is 13.4. The van der Waals surface area contributed by atoms with Crippen LogP contribution in [-0.4, -0.2) is 28.5 Å². The van der Waals surface area contributed by atoms with Gasteiger partial charge in [-0.25, -0.2) is 4.39 Å². The molecule has 3 aromatic carbocycles. The third kappa shape index (κ3) is 6.10. The van der Waals surface area contributed by atoms with Crippen molar-refractivity contribution in [2.45, 2.75) is 50.2 Å². The van der Waals surface area contributed by atoms with E-state index in [0.29, 0.717) is 41.9 Å². The Morgan fingerprint density at radius 1 is 0.971 bits per heavy atom. The second-order valence-electron chi connectivity index (χ2n) is 9.40. The Bertz CT molecular complexity index is 1130. The number of halogens is 1. The summed E-state index contributed by atoms with van der Waals surface area (Å²) in [6.45, 7) is 0.397. The van der Waals surface area contributed by atoms with E-state index < -0.39 is 5.41 Å². The van der Waals surface area contributed by atoms with Crippen LogP contribution in [0.3, 0.4) is 0 Å². The highest BCUT2D eigenvalue weighted by Crippen LogP contribution is 2.48. The van der Waals surface area contributed by atoms with Crippen LogP contribution >= 0.6 is 12.2 Å². The van der Waals surface area contributed by atoms with Crippen LogP contribution in [0, 0.1) is 11.7 Å². The molecule has 4 rings (SSSR count). The first kappa shape index (κ1) is 25.4. The van der Waals surface area contributed by atoms with Crippen molar-refractivity contribution < 1.29 is 19.0 Å². The standard InChI is InChI=1S/C30H31FO3S/c31-28-14-8-7-13-27(28)30(19-26(35)17-29(33)23-11-5-2-6-12-23)18-25(16-15-24(30)20-32)34-21-22-9-3-1-4-10-22/h1-14,24-25,32H,15-21H2/t24-,25+,30-/m0/s1. The molecule has 1 N–H and O–H groups in total. The number of rotatable bonds is 10. The molecule has 0 heterocycles. The van der Waals surface area contributed by atoms with E-state index in [-0.39, 0.29) is 36.7 Å². The van der Waals surface area contributed by atoms with Crippen molar-refractivity contribution >= 4 is 22.9 Å². The van der Waals surface area contributed by atoms with Gasteiger partial charge in [0, 0.05) is 28.9 Å². The first-order chi connectivity index (χ1) is 17.0. The van der Waals surface area contributed by atoms with Gasteiger partial charge in [-0.2, -0.15) is 0 Å². The molecule has 3 aromatic rings. The lowest BCUT2D eigenvalue weighted by Crippen LogP contribution is -2.47. The number of ether oxygens (including phenoxy) is 1. The van der Waals surface area contributed by atoms with E-state index in [9.17, 15) is 9.90 Å². The Morgan fingerprint density at radius 2 is 1.63 bits per heavy atom. The number of aliphatic hydroxyl groups excluding tert-OH is 1. The van der Waals surface area contributed by atoms with E-state index in [1.807, 2.05) is 54.6 Å². The van der Waals surface area contributed by atoms with E-state index in [1.54, 1.807) is 24.3 Å². The largest absolute Gasteiger partial charge is 0.396 e. The minimum Gasteiger partial charge on any atom is -0.396 e. The van der Waals surface area contributed by atoms with Crippen molar-refractivity contribution in [3.63, 3.8) is 0 Å². The number of ketones is 1. The molecule has 0 saturated heterocycles. The van der Waals surface area contributed by atoms with E-state index >= 15 is 4.39 Å². The number of Topliss-reactive ketones (excluding diaryl/α,β-unsaturated/α-hetero) is 1. The number of hydrogen-bond acceptors (Lipinski definition) is 4. The van der Waals surface area contributed by atoms with E-state index in [2.05, 4.69) is 0 Å². The lowest BCUT2D eigenvalue weighted by atomic mass is 9.59. The lowest BCUT2D eigenvalue weighted by Gasteiger charge is -2.47. The summed E-state index contributed by atoms with van der Waals surface area (Å²) in [6.07, 6.45) is 2.36. The van der Waals surface area contributed by atoms with Crippen LogP contribution in [0.2, 0.25) is 0 Å². The van der Waals surface area contributed by atoms with Gasteiger partial charge in [0.2, 0.25) is 0 Å². The molecule has 1 aliphatic carbocycles. The number of hydrogen-bond donors (Lipinski definition) is 1. The lowest BCUT2D eigenvalue weighted by molar-refractivity contribution is -0.0335. The van der Waals surface area contributed by atoms with Crippen LogP contribution in [0.25, 0.3) is 0 Å². The Labute approximate surface area is 212 Å². The third-order valence-corrected chi connectivity index (χ3v) is 7.42. The molecule has 0 amide bonds. The maximum atomic E-state index is 15.3. The third-order valence-electron chi connectivity index (χ3n) is 7.14. The van der Waals surface area contributed by atoms with Gasteiger partial charge in [0.1, 0.15) is 5.82 Å². The van der Waals surface area contributed by atoms with Crippen molar-refractivity contribution in [2.75, 3.05) is 6.61 Å². The monoisotopic (exact) mass is 490 g/mol. The van der Waals surface area contributed by atoms with Gasteiger partial charge >= 0.3 is 0 Å². The highest BCUT2D eigenvalue weighted by atomic mass is 32.1. The summed E-state index contributed by atoms with van der Waals surface area (Å²) in [5.41, 5.74) is 1.49. The van der Waals surface area contributed by atoms with Crippen LogP contribution in [0.1, 0.15) is 53.6 Å². The van der Waals surface area contributed by atoms with Gasteiger partial charge in [0.15, 0.2) is 5.78 Å². The molecule has 0 aliphatic heterocycles. The van der Waals surface area contributed by atoms with Gasteiger partial charge in [-0.1, -0.05) is 91.1 Å². The summed E-state index contributed by atoms with van der Waals surface area (Å²) < 4.78 is 21.5. The maximum absolute atomic E-state index is 15.3. The molecule has 0 aromatic heterocycles. The molecular formula is C30H31FO3S. The second kappa shape index (κ2) is 11.8. The van der Waals surface area contributed by atoms with E-state index in [1.165, 1.54) is 6.07 Å². The number of carbonyl (C=O) groups excluding carboxylic acids is 1. The first-order valence-electron chi connectivity index (χ1n) is 12.1. The maximum Gasteiger partial charge on any atom is 0.167 e. The minimum absolute atomic E-state index is 0.0486. The second-order valence-corrected chi connectivity index (χ2v) is 9.97. The smallest absolute Gasteiger partial charge is 0.167 e. The van der Waals surface area contributed by atoms with E-state index in [4.69, 9.17) is 17.0 Å². The normalized spacial score (nSPS) is 22.0. The van der Waals surface area contributed by atoms with Gasteiger partial charge in [0.25, 0.3) is 0 Å². The summed E-state index contributed by atoms with van der Waals surface area (Å²) >= 11 is 5.74.